The summed E-state index contributed by atoms with van der Waals surface area (Å²) in [5, 5.41) is 30.7. The molecule has 4 N–H and O–H groups in total. The first-order chi connectivity index (χ1) is 20.2. The number of fused-ring (bicyclic) bond motifs is 1. The lowest BCUT2D eigenvalue weighted by Crippen LogP contribution is -2.36. The van der Waals surface area contributed by atoms with E-state index in [9.17, 15) is 19.8 Å². The molecule has 2 atom stereocenters. The van der Waals surface area contributed by atoms with Gasteiger partial charge in [-0.3, -0.25) is 9.59 Å². The summed E-state index contributed by atoms with van der Waals surface area (Å²) < 4.78 is 21.4. The Morgan fingerprint density at radius 3 is 2.31 bits per heavy atom. The number of ether oxygens (including phenoxy) is 3. The Kier molecular flexibility index (Phi) is 10.6. The van der Waals surface area contributed by atoms with Crippen molar-refractivity contribution in [1.29, 1.82) is 0 Å². The highest BCUT2D eigenvalue weighted by atomic mass is 16.6. The van der Waals surface area contributed by atoms with Crippen molar-refractivity contribution in [2.24, 2.45) is 0 Å². The van der Waals surface area contributed by atoms with Gasteiger partial charge in [-0.05, 0) is 42.5 Å². The minimum absolute atomic E-state index is 0.0132. The second-order valence-electron chi connectivity index (χ2n) is 10.3. The van der Waals surface area contributed by atoms with Crippen LogP contribution < -0.4 is 10.6 Å². The molecule has 11 nitrogen and oxygen atoms in total. The molecule has 2 aliphatic rings. The molecule has 42 heavy (non-hydrogen) atoms. The number of rotatable bonds is 8. The number of carbonyl (C=O) groups excluding carboxylic acids is 2. The number of nitrogens with zero attached hydrogens (tertiary/aromatic N) is 1. The maximum Gasteiger partial charge on any atom is 0.310 e. The molecule has 2 fully saturated rings. The van der Waals surface area contributed by atoms with Crippen LogP contribution in [-0.4, -0.2) is 78.9 Å². The minimum Gasteiger partial charge on any atom is -0.508 e. The molecule has 1 aromatic heterocycles. The van der Waals surface area contributed by atoms with Crippen LogP contribution in [0.1, 0.15) is 55.2 Å². The number of phenols is 2. The maximum atomic E-state index is 12.7. The van der Waals surface area contributed by atoms with Gasteiger partial charge in [0, 0.05) is 25.7 Å². The van der Waals surface area contributed by atoms with Crippen LogP contribution >= 0.6 is 0 Å². The number of aromatic nitrogens is 1. The molecule has 0 bridgehead atoms. The monoisotopic (exact) mass is 581 g/mol. The Balaban J connectivity index is 0.000000377. The van der Waals surface area contributed by atoms with Crippen molar-refractivity contribution in [2.75, 3.05) is 39.5 Å². The Labute approximate surface area is 245 Å². The molecule has 226 valence electrons. The summed E-state index contributed by atoms with van der Waals surface area (Å²) in [6.07, 6.45) is 0.794. The quantitative estimate of drug-likeness (QED) is 0.289. The van der Waals surface area contributed by atoms with Gasteiger partial charge >= 0.3 is 5.97 Å². The van der Waals surface area contributed by atoms with Gasteiger partial charge in [-0.15, -0.1) is 0 Å². The van der Waals surface area contributed by atoms with Gasteiger partial charge in [0.25, 0.3) is 5.91 Å². The van der Waals surface area contributed by atoms with E-state index in [2.05, 4.69) is 15.8 Å². The normalized spacial score (nSPS) is 17.7. The Hall–Kier alpha value is -3.93. The SMILES string of the molecule is C1COC2CNCC2O1.CCNC(=O)c1noc(-c2cc(C(C)C)c(O)cc2O)c1-c1ccc(CC(=O)OCC)cc1. The van der Waals surface area contributed by atoms with Gasteiger partial charge in [0.2, 0.25) is 0 Å². The van der Waals surface area contributed by atoms with Gasteiger partial charge in [-0.2, -0.15) is 0 Å². The van der Waals surface area contributed by atoms with Crippen molar-refractivity contribution in [3.63, 3.8) is 0 Å². The van der Waals surface area contributed by atoms with Gasteiger partial charge in [0.05, 0.1) is 49.6 Å². The fourth-order valence-electron chi connectivity index (χ4n) is 4.91. The molecule has 0 radical (unpaired) electrons. The van der Waals surface area contributed by atoms with Crippen LogP contribution in [0.15, 0.2) is 40.9 Å². The fourth-order valence-corrected chi connectivity index (χ4v) is 4.91. The largest absolute Gasteiger partial charge is 0.508 e. The average molecular weight is 582 g/mol. The van der Waals surface area contributed by atoms with E-state index in [1.54, 1.807) is 44.2 Å². The van der Waals surface area contributed by atoms with Crippen LogP contribution in [-0.2, 0) is 25.4 Å². The molecule has 2 saturated heterocycles. The van der Waals surface area contributed by atoms with E-state index in [1.807, 2.05) is 13.8 Å². The molecule has 5 rings (SSSR count). The highest BCUT2D eigenvalue weighted by Crippen LogP contribution is 2.43. The first kappa shape index (κ1) is 31.0. The van der Waals surface area contributed by atoms with Gasteiger partial charge < -0.3 is 39.6 Å². The van der Waals surface area contributed by atoms with Crippen molar-refractivity contribution in [2.45, 2.75) is 52.2 Å². The van der Waals surface area contributed by atoms with Crippen LogP contribution in [0.4, 0.5) is 0 Å². The first-order valence-corrected chi connectivity index (χ1v) is 14.3. The summed E-state index contributed by atoms with van der Waals surface area (Å²) in [5.41, 5.74) is 2.78. The van der Waals surface area contributed by atoms with E-state index in [4.69, 9.17) is 18.7 Å². The number of hydrogen-bond acceptors (Lipinski definition) is 10. The topological polar surface area (TPSA) is 152 Å². The third-order valence-electron chi connectivity index (χ3n) is 7.01. The molecular formula is C31H39N3O8. The van der Waals surface area contributed by atoms with E-state index in [1.165, 1.54) is 6.07 Å². The Morgan fingerprint density at radius 2 is 1.71 bits per heavy atom. The van der Waals surface area contributed by atoms with Crippen molar-refractivity contribution < 1.29 is 38.5 Å². The maximum absolute atomic E-state index is 12.7. The number of carbonyl (C=O) groups is 2. The summed E-state index contributed by atoms with van der Waals surface area (Å²) >= 11 is 0. The first-order valence-electron chi connectivity index (χ1n) is 14.3. The molecule has 11 heteroatoms. The van der Waals surface area contributed by atoms with Crippen molar-refractivity contribution >= 4 is 11.9 Å². The fraction of sp³-hybridized carbons (Fsp3) is 0.452. The van der Waals surface area contributed by atoms with Crippen molar-refractivity contribution in [3.05, 3.63) is 53.2 Å². The van der Waals surface area contributed by atoms with Crippen LogP contribution in [0.5, 0.6) is 11.5 Å². The summed E-state index contributed by atoms with van der Waals surface area (Å²) in [5.74, 6) is -0.778. The Bertz CT molecular complexity index is 1360. The molecule has 2 unspecified atom stereocenters. The zero-order valence-electron chi connectivity index (χ0n) is 24.4. The molecule has 1 amide bonds. The lowest BCUT2D eigenvalue weighted by Gasteiger charge is -2.24. The third kappa shape index (κ3) is 7.28. The lowest BCUT2D eigenvalue weighted by molar-refractivity contribution is -0.142. The number of amides is 1. The van der Waals surface area contributed by atoms with Gasteiger partial charge in [-0.1, -0.05) is 43.3 Å². The third-order valence-corrected chi connectivity index (χ3v) is 7.01. The van der Waals surface area contributed by atoms with Gasteiger partial charge in [0.15, 0.2) is 11.5 Å². The molecule has 3 heterocycles. The summed E-state index contributed by atoms with van der Waals surface area (Å²) in [4.78, 5) is 24.5. The predicted molar refractivity (Wildman–Crippen MR) is 155 cm³/mol. The lowest BCUT2D eigenvalue weighted by atomic mass is 9.93. The van der Waals surface area contributed by atoms with Crippen molar-refractivity contribution in [1.82, 2.24) is 15.8 Å². The van der Waals surface area contributed by atoms with E-state index in [0.717, 1.165) is 31.9 Å². The summed E-state index contributed by atoms with van der Waals surface area (Å²) in [6.45, 7) is 11.6. The van der Waals surface area contributed by atoms with Crippen LogP contribution in [0, 0.1) is 0 Å². The zero-order valence-corrected chi connectivity index (χ0v) is 24.4. The number of nitrogens with one attached hydrogen (secondary N) is 2. The molecule has 2 aromatic carbocycles. The number of phenolic OH excluding ortho intramolecular Hbond substituents is 2. The zero-order chi connectivity index (χ0) is 30.2. The van der Waals surface area contributed by atoms with Gasteiger partial charge in [0.1, 0.15) is 11.5 Å². The van der Waals surface area contributed by atoms with E-state index in [0.29, 0.717) is 47.6 Å². The second-order valence-corrected chi connectivity index (χ2v) is 10.3. The molecule has 0 saturated carbocycles. The highest BCUT2D eigenvalue weighted by Gasteiger charge is 2.31. The second kappa shape index (κ2) is 14.3. The molecule has 0 aliphatic carbocycles. The minimum atomic E-state index is -0.416. The molecule has 0 spiro atoms. The van der Waals surface area contributed by atoms with E-state index >= 15 is 0 Å². The van der Waals surface area contributed by atoms with Crippen LogP contribution in [0.25, 0.3) is 22.5 Å². The summed E-state index contributed by atoms with van der Waals surface area (Å²) in [7, 11) is 0. The highest BCUT2D eigenvalue weighted by molar-refractivity contribution is 6.02. The predicted octanol–water partition coefficient (Wildman–Crippen LogP) is 3.77. The molecule has 3 aromatic rings. The van der Waals surface area contributed by atoms with E-state index < -0.39 is 5.91 Å². The summed E-state index contributed by atoms with van der Waals surface area (Å²) in [6, 6.07) is 9.94. The number of aromatic hydroxyl groups is 2. The number of benzene rings is 2. The molecular weight excluding hydrogens is 542 g/mol. The number of esters is 1. The Morgan fingerprint density at radius 1 is 1.05 bits per heavy atom. The molecule has 2 aliphatic heterocycles. The standard InChI is InChI=1S/C25H28N2O6.C6H11NO2/c1-5-26-25(31)23-22(16-9-7-15(8-10-16)11-21(30)32-6-2)24(33-27-23)18-12-17(14(3)4)19(28)13-20(18)29;1-2-9-6-4-7-3-5(6)8-1/h7-10,12-14,28-29H,5-6,11H2,1-4H3,(H,26,31);5-7H,1-4H2. The van der Waals surface area contributed by atoms with Crippen LogP contribution in [0.3, 0.4) is 0 Å². The van der Waals surface area contributed by atoms with Gasteiger partial charge in [-0.25, -0.2) is 0 Å². The smallest absolute Gasteiger partial charge is 0.310 e. The number of hydrogen-bond donors (Lipinski definition) is 4. The average Bonchev–Trinajstić information content (AvgIpc) is 3.62. The van der Waals surface area contributed by atoms with E-state index in [-0.39, 0.29) is 41.3 Å². The van der Waals surface area contributed by atoms with Crippen molar-refractivity contribution in [3.8, 4) is 33.9 Å². The van der Waals surface area contributed by atoms with Crippen LogP contribution in [0.2, 0.25) is 0 Å².